The van der Waals surface area contributed by atoms with Gasteiger partial charge in [0.15, 0.2) is 0 Å². The molecule has 0 fully saturated rings. The molecule has 0 saturated carbocycles. The molecule has 0 atom stereocenters. The normalized spacial score (nSPS) is 10.5. The number of ether oxygens (including phenoxy) is 1. The van der Waals surface area contributed by atoms with Crippen LogP contribution in [0.1, 0.15) is 5.56 Å². The van der Waals surface area contributed by atoms with Gasteiger partial charge in [0.25, 0.3) is 0 Å². The van der Waals surface area contributed by atoms with Crippen molar-refractivity contribution in [2.45, 2.75) is 6.92 Å². The van der Waals surface area contributed by atoms with Crippen LogP contribution in [0.3, 0.4) is 0 Å². The van der Waals surface area contributed by atoms with Gasteiger partial charge in [-0.1, -0.05) is 0 Å². The van der Waals surface area contributed by atoms with Gasteiger partial charge in [-0.25, -0.2) is 0 Å². The van der Waals surface area contributed by atoms with Gasteiger partial charge in [0.2, 0.25) is 0 Å². The molecule has 12 heavy (non-hydrogen) atoms. The molecule has 1 aromatic heterocycles. The molecular formula is C10H11NO. The largest absolute Gasteiger partial charge is 0.497 e. The van der Waals surface area contributed by atoms with Gasteiger partial charge >= 0.3 is 0 Å². The summed E-state index contributed by atoms with van der Waals surface area (Å²) in [5.41, 5.74) is 2.41. The van der Waals surface area contributed by atoms with E-state index in [0.717, 1.165) is 5.75 Å². The number of aromatic nitrogens is 1. The highest BCUT2D eigenvalue weighted by Gasteiger charge is 2.00. The Bertz CT molecular complexity index is 403. The number of rotatable bonds is 1. The van der Waals surface area contributed by atoms with Crippen molar-refractivity contribution < 1.29 is 4.74 Å². The molecule has 0 bridgehead atoms. The number of H-pyrrole nitrogens is 1. The van der Waals surface area contributed by atoms with Crippen LogP contribution in [0.25, 0.3) is 10.9 Å². The number of hydrogen-bond acceptors (Lipinski definition) is 1. The summed E-state index contributed by atoms with van der Waals surface area (Å²) in [5, 5.41) is 1.20. The van der Waals surface area contributed by atoms with Gasteiger partial charge < -0.3 is 9.72 Å². The Balaban J connectivity index is 2.75. The molecule has 1 heterocycles. The third-order valence-corrected chi connectivity index (χ3v) is 2.07. The van der Waals surface area contributed by atoms with E-state index in [1.807, 2.05) is 24.4 Å². The van der Waals surface area contributed by atoms with Crippen molar-refractivity contribution in [2.24, 2.45) is 0 Å². The second-order valence-electron chi connectivity index (χ2n) is 2.89. The van der Waals surface area contributed by atoms with Crippen LogP contribution in [0.4, 0.5) is 0 Å². The van der Waals surface area contributed by atoms with E-state index >= 15 is 0 Å². The Labute approximate surface area is 71.2 Å². The van der Waals surface area contributed by atoms with E-state index in [1.165, 1.54) is 16.5 Å². The number of aromatic amines is 1. The van der Waals surface area contributed by atoms with Crippen LogP contribution < -0.4 is 4.74 Å². The second kappa shape index (κ2) is 2.55. The van der Waals surface area contributed by atoms with Crippen LogP contribution in [0.2, 0.25) is 0 Å². The van der Waals surface area contributed by atoms with E-state index in [0.29, 0.717) is 0 Å². The standard InChI is InChI=1S/C10H11NO/c1-7-5-9(12-2)6-8-3-4-11-10(7)8/h3-6,11H,1-2H3. The molecule has 0 aliphatic carbocycles. The molecule has 2 aromatic rings. The maximum atomic E-state index is 5.16. The zero-order chi connectivity index (χ0) is 8.55. The van der Waals surface area contributed by atoms with Crippen LogP contribution in [-0.4, -0.2) is 12.1 Å². The third-order valence-electron chi connectivity index (χ3n) is 2.07. The van der Waals surface area contributed by atoms with Crippen molar-refractivity contribution in [3.63, 3.8) is 0 Å². The third kappa shape index (κ3) is 0.961. The average molecular weight is 161 g/mol. The van der Waals surface area contributed by atoms with E-state index < -0.39 is 0 Å². The summed E-state index contributed by atoms with van der Waals surface area (Å²) in [7, 11) is 1.69. The van der Waals surface area contributed by atoms with Gasteiger partial charge in [0.05, 0.1) is 7.11 Å². The zero-order valence-corrected chi connectivity index (χ0v) is 7.22. The van der Waals surface area contributed by atoms with Gasteiger partial charge in [-0.2, -0.15) is 0 Å². The lowest BCUT2D eigenvalue weighted by molar-refractivity contribution is 0.415. The van der Waals surface area contributed by atoms with Gasteiger partial charge in [-0.3, -0.25) is 0 Å². The SMILES string of the molecule is COc1cc(C)c2[nH]ccc2c1. The van der Waals surface area contributed by atoms with Crippen LogP contribution in [0.15, 0.2) is 24.4 Å². The summed E-state index contributed by atoms with van der Waals surface area (Å²) in [5.74, 6) is 0.916. The highest BCUT2D eigenvalue weighted by atomic mass is 16.5. The molecule has 0 aliphatic rings. The van der Waals surface area contributed by atoms with E-state index in [9.17, 15) is 0 Å². The predicted octanol–water partition coefficient (Wildman–Crippen LogP) is 2.48. The fraction of sp³-hybridized carbons (Fsp3) is 0.200. The number of benzene rings is 1. The summed E-state index contributed by atoms with van der Waals surface area (Å²) in [6.07, 6.45) is 1.94. The summed E-state index contributed by atoms with van der Waals surface area (Å²) in [6, 6.07) is 6.10. The first kappa shape index (κ1) is 7.22. The molecule has 2 rings (SSSR count). The van der Waals surface area contributed by atoms with Crippen LogP contribution in [0.5, 0.6) is 5.75 Å². The van der Waals surface area contributed by atoms with E-state index in [4.69, 9.17) is 4.74 Å². The Morgan fingerprint density at radius 3 is 2.92 bits per heavy atom. The molecular weight excluding hydrogens is 150 g/mol. The van der Waals surface area contributed by atoms with E-state index in [-0.39, 0.29) is 0 Å². The molecule has 0 amide bonds. The zero-order valence-electron chi connectivity index (χ0n) is 7.22. The monoisotopic (exact) mass is 161 g/mol. The molecule has 0 radical (unpaired) electrons. The molecule has 0 aliphatic heterocycles. The van der Waals surface area contributed by atoms with Crippen LogP contribution in [-0.2, 0) is 0 Å². The van der Waals surface area contributed by atoms with E-state index in [2.05, 4.69) is 11.9 Å². The fourth-order valence-corrected chi connectivity index (χ4v) is 1.44. The number of nitrogens with one attached hydrogen (secondary N) is 1. The predicted molar refractivity (Wildman–Crippen MR) is 49.6 cm³/mol. The van der Waals surface area contributed by atoms with Crippen LogP contribution in [0, 0.1) is 6.92 Å². The van der Waals surface area contributed by atoms with Crippen molar-refractivity contribution in [1.82, 2.24) is 4.98 Å². The average Bonchev–Trinajstić information content (AvgIpc) is 2.52. The van der Waals surface area contributed by atoms with Crippen molar-refractivity contribution in [1.29, 1.82) is 0 Å². The van der Waals surface area contributed by atoms with Crippen molar-refractivity contribution in [3.8, 4) is 5.75 Å². The first-order valence-electron chi connectivity index (χ1n) is 3.93. The second-order valence-corrected chi connectivity index (χ2v) is 2.89. The molecule has 0 saturated heterocycles. The quantitative estimate of drug-likeness (QED) is 0.682. The number of hydrogen-bond donors (Lipinski definition) is 1. The van der Waals surface area contributed by atoms with Crippen molar-refractivity contribution >= 4 is 10.9 Å². The highest BCUT2D eigenvalue weighted by molar-refractivity contribution is 5.83. The lowest BCUT2D eigenvalue weighted by Gasteiger charge is -2.01. The van der Waals surface area contributed by atoms with Gasteiger partial charge in [0, 0.05) is 17.1 Å². The first-order valence-corrected chi connectivity index (χ1v) is 3.93. The topological polar surface area (TPSA) is 25.0 Å². The van der Waals surface area contributed by atoms with Crippen LogP contribution >= 0.6 is 0 Å². The maximum absolute atomic E-state index is 5.16. The molecule has 62 valence electrons. The van der Waals surface area contributed by atoms with Gasteiger partial charge in [0.1, 0.15) is 5.75 Å². The highest BCUT2D eigenvalue weighted by Crippen LogP contribution is 2.23. The lowest BCUT2D eigenvalue weighted by Crippen LogP contribution is -1.84. The number of aryl methyl sites for hydroxylation is 1. The lowest BCUT2D eigenvalue weighted by atomic mass is 10.1. The molecule has 0 spiro atoms. The minimum atomic E-state index is 0.916. The Kier molecular flexibility index (Phi) is 1.54. The number of fused-ring (bicyclic) bond motifs is 1. The van der Waals surface area contributed by atoms with E-state index in [1.54, 1.807) is 7.11 Å². The van der Waals surface area contributed by atoms with Crippen molar-refractivity contribution in [2.75, 3.05) is 7.11 Å². The summed E-state index contributed by atoms with van der Waals surface area (Å²) < 4.78 is 5.16. The summed E-state index contributed by atoms with van der Waals surface area (Å²) in [6.45, 7) is 2.07. The minimum absolute atomic E-state index is 0.916. The number of methoxy groups -OCH3 is 1. The Morgan fingerprint density at radius 2 is 2.17 bits per heavy atom. The smallest absolute Gasteiger partial charge is 0.119 e. The molecule has 2 nitrogen and oxygen atoms in total. The molecule has 2 heteroatoms. The molecule has 1 N–H and O–H groups in total. The van der Waals surface area contributed by atoms with Crippen molar-refractivity contribution in [3.05, 3.63) is 30.0 Å². The Hall–Kier alpha value is -1.44. The maximum Gasteiger partial charge on any atom is 0.119 e. The molecule has 0 unspecified atom stereocenters. The van der Waals surface area contributed by atoms with Gasteiger partial charge in [-0.15, -0.1) is 0 Å². The molecule has 1 aromatic carbocycles. The minimum Gasteiger partial charge on any atom is -0.497 e. The summed E-state index contributed by atoms with van der Waals surface area (Å²) in [4.78, 5) is 3.18. The fourth-order valence-electron chi connectivity index (χ4n) is 1.44. The summed E-state index contributed by atoms with van der Waals surface area (Å²) >= 11 is 0. The first-order chi connectivity index (χ1) is 5.81. The van der Waals surface area contributed by atoms with Gasteiger partial charge in [-0.05, 0) is 30.7 Å². The Morgan fingerprint density at radius 1 is 1.33 bits per heavy atom.